The van der Waals surface area contributed by atoms with Gasteiger partial charge >= 0.3 is 6.03 Å². The minimum Gasteiger partial charge on any atom is -0.388 e. The number of amidine groups is 1. The molecule has 0 aromatic rings. The third kappa shape index (κ3) is 5.05. The third-order valence-electron chi connectivity index (χ3n) is 1.65. The van der Waals surface area contributed by atoms with Gasteiger partial charge in [0.25, 0.3) is 0 Å². The van der Waals surface area contributed by atoms with Crippen LogP contribution in [-0.2, 0) is 0 Å². The Morgan fingerprint density at radius 3 is 2.54 bits per heavy atom. The molecule has 0 aromatic heterocycles. The molecule has 0 bridgehead atoms. The van der Waals surface area contributed by atoms with E-state index in [1.807, 2.05) is 13.8 Å². The van der Waals surface area contributed by atoms with Crippen LogP contribution in [0.1, 0.15) is 20.3 Å². The molecule has 76 valence electrons. The highest BCUT2D eigenvalue weighted by Gasteiger charge is 2.09. The van der Waals surface area contributed by atoms with E-state index in [1.165, 1.54) is 0 Å². The van der Waals surface area contributed by atoms with E-state index in [1.54, 1.807) is 4.90 Å². The van der Waals surface area contributed by atoms with Crippen LogP contribution in [0.4, 0.5) is 4.79 Å². The van der Waals surface area contributed by atoms with Crippen molar-refractivity contribution in [1.82, 2.24) is 10.2 Å². The van der Waals surface area contributed by atoms with Gasteiger partial charge in [0.05, 0.1) is 5.84 Å². The second-order valence-corrected chi connectivity index (χ2v) is 2.69. The molecule has 0 saturated carbocycles. The zero-order valence-corrected chi connectivity index (χ0v) is 8.26. The van der Waals surface area contributed by atoms with E-state index >= 15 is 0 Å². The maximum atomic E-state index is 11.3. The third-order valence-corrected chi connectivity index (χ3v) is 1.65. The van der Waals surface area contributed by atoms with Gasteiger partial charge in [-0.2, -0.15) is 0 Å². The first-order valence-corrected chi connectivity index (χ1v) is 4.47. The van der Waals surface area contributed by atoms with E-state index in [0.717, 1.165) is 0 Å². The smallest absolute Gasteiger partial charge is 0.317 e. The van der Waals surface area contributed by atoms with Crippen molar-refractivity contribution in [3.63, 3.8) is 0 Å². The summed E-state index contributed by atoms with van der Waals surface area (Å²) in [5, 5.41) is 9.72. The molecule has 0 saturated heterocycles. The summed E-state index contributed by atoms with van der Waals surface area (Å²) in [5.41, 5.74) is 5.19. The Labute approximate surface area is 78.8 Å². The van der Waals surface area contributed by atoms with Crippen molar-refractivity contribution in [2.45, 2.75) is 20.3 Å². The number of nitrogens with two attached hydrogens (primary N) is 1. The molecule has 0 rings (SSSR count). The molecule has 0 heterocycles. The summed E-state index contributed by atoms with van der Waals surface area (Å²) in [7, 11) is 0. The minimum absolute atomic E-state index is 0.0914. The predicted molar refractivity (Wildman–Crippen MR) is 52.9 cm³/mol. The van der Waals surface area contributed by atoms with E-state index in [0.29, 0.717) is 26.1 Å². The molecule has 0 aromatic carbocycles. The first kappa shape index (κ1) is 11.7. The molecular weight excluding hydrogens is 168 g/mol. The quantitative estimate of drug-likeness (QED) is 0.428. The highest BCUT2D eigenvalue weighted by molar-refractivity contribution is 5.78. The molecule has 5 heteroatoms. The Hall–Kier alpha value is -1.26. The number of nitrogens with zero attached hydrogens (tertiary/aromatic N) is 1. The Bertz CT molecular complexity index is 181. The summed E-state index contributed by atoms with van der Waals surface area (Å²) in [5.74, 6) is 0.114. The van der Waals surface area contributed by atoms with E-state index in [4.69, 9.17) is 11.1 Å². The highest BCUT2D eigenvalue weighted by atomic mass is 16.2. The average molecular weight is 186 g/mol. The van der Waals surface area contributed by atoms with Gasteiger partial charge in [0.1, 0.15) is 0 Å². The first-order chi connectivity index (χ1) is 6.11. The van der Waals surface area contributed by atoms with Crippen LogP contribution in [0.15, 0.2) is 0 Å². The molecule has 0 radical (unpaired) electrons. The lowest BCUT2D eigenvalue weighted by molar-refractivity contribution is 0.202. The van der Waals surface area contributed by atoms with Crippen molar-refractivity contribution >= 4 is 11.9 Å². The summed E-state index contributed by atoms with van der Waals surface area (Å²) in [6.07, 6.45) is 0.435. The van der Waals surface area contributed by atoms with Crippen LogP contribution in [0, 0.1) is 5.41 Å². The number of urea groups is 1. The number of carbonyl (C=O) groups is 1. The van der Waals surface area contributed by atoms with Crippen LogP contribution in [0.3, 0.4) is 0 Å². The molecule has 2 amide bonds. The Kier molecular flexibility index (Phi) is 5.67. The molecule has 0 atom stereocenters. The van der Waals surface area contributed by atoms with Crippen molar-refractivity contribution in [3.05, 3.63) is 0 Å². The SMILES string of the molecule is CCNC(=O)N(CC)CCC(=N)N. The van der Waals surface area contributed by atoms with E-state index in [-0.39, 0.29) is 11.9 Å². The van der Waals surface area contributed by atoms with Crippen LogP contribution in [0.2, 0.25) is 0 Å². The largest absolute Gasteiger partial charge is 0.388 e. The number of rotatable bonds is 5. The number of carbonyl (C=O) groups excluding carboxylic acids is 1. The topological polar surface area (TPSA) is 82.2 Å². The van der Waals surface area contributed by atoms with Gasteiger partial charge in [-0.05, 0) is 13.8 Å². The zero-order chi connectivity index (χ0) is 10.3. The van der Waals surface area contributed by atoms with Gasteiger partial charge in [0.15, 0.2) is 0 Å². The van der Waals surface area contributed by atoms with Crippen molar-refractivity contribution in [3.8, 4) is 0 Å². The second-order valence-electron chi connectivity index (χ2n) is 2.69. The fraction of sp³-hybridized carbons (Fsp3) is 0.750. The van der Waals surface area contributed by atoms with Crippen molar-refractivity contribution in [2.24, 2.45) is 5.73 Å². The molecule has 0 unspecified atom stereocenters. The minimum atomic E-state index is -0.0914. The Morgan fingerprint density at radius 2 is 2.15 bits per heavy atom. The summed E-state index contributed by atoms with van der Waals surface area (Å²) >= 11 is 0. The van der Waals surface area contributed by atoms with Crippen molar-refractivity contribution in [2.75, 3.05) is 19.6 Å². The zero-order valence-electron chi connectivity index (χ0n) is 8.26. The van der Waals surface area contributed by atoms with Gasteiger partial charge in [-0.3, -0.25) is 5.41 Å². The number of hydrogen-bond donors (Lipinski definition) is 3. The Balaban J connectivity index is 3.87. The second kappa shape index (κ2) is 6.28. The fourth-order valence-corrected chi connectivity index (χ4v) is 0.922. The molecule has 13 heavy (non-hydrogen) atoms. The normalized spacial score (nSPS) is 9.38. The molecular formula is C8H18N4O. The van der Waals surface area contributed by atoms with Gasteiger partial charge < -0.3 is 16.0 Å². The number of hydrogen-bond acceptors (Lipinski definition) is 2. The van der Waals surface area contributed by atoms with Gasteiger partial charge in [-0.15, -0.1) is 0 Å². The van der Waals surface area contributed by atoms with Crippen LogP contribution in [0.5, 0.6) is 0 Å². The molecule has 0 fully saturated rings. The monoisotopic (exact) mass is 186 g/mol. The molecule has 5 nitrogen and oxygen atoms in total. The molecule has 0 aliphatic rings. The summed E-state index contributed by atoms with van der Waals surface area (Å²) in [6, 6.07) is -0.0914. The van der Waals surface area contributed by atoms with Crippen LogP contribution < -0.4 is 11.1 Å². The van der Waals surface area contributed by atoms with E-state index in [2.05, 4.69) is 5.32 Å². The summed E-state index contributed by atoms with van der Waals surface area (Å²) in [6.45, 7) is 5.54. The highest BCUT2D eigenvalue weighted by Crippen LogP contribution is 1.91. The molecule has 0 spiro atoms. The lowest BCUT2D eigenvalue weighted by Gasteiger charge is -2.20. The molecule has 0 aliphatic heterocycles. The number of nitrogens with one attached hydrogen (secondary N) is 2. The average Bonchev–Trinajstić information content (AvgIpc) is 2.05. The number of amides is 2. The summed E-state index contributed by atoms with van der Waals surface area (Å²) < 4.78 is 0. The summed E-state index contributed by atoms with van der Waals surface area (Å²) in [4.78, 5) is 12.9. The van der Waals surface area contributed by atoms with Crippen LogP contribution in [0.25, 0.3) is 0 Å². The Morgan fingerprint density at radius 1 is 1.54 bits per heavy atom. The van der Waals surface area contributed by atoms with Gasteiger partial charge in [0, 0.05) is 26.1 Å². The van der Waals surface area contributed by atoms with Crippen molar-refractivity contribution < 1.29 is 4.79 Å². The fourth-order valence-electron chi connectivity index (χ4n) is 0.922. The predicted octanol–water partition coefficient (Wildman–Crippen LogP) is 0.364. The first-order valence-electron chi connectivity index (χ1n) is 4.47. The molecule has 0 aliphatic carbocycles. The lowest BCUT2D eigenvalue weighted by atomic mass is 10.3. The van der Waals surface area contributed by atoms with Crippen molar-refractivity contribution in [1.29, 1.82) is 5.41 Å². The maximum Gasteiger partial charge on any atom is 0.317 e. The van der Waals surface area contributed by atoms with E-state index in [9.17, 15) is 4.79 Å². The molecule has 4 N–H and O–H groups in total. The van der Waals surface area contributed by atoms with Crippen LogP contribution in [-0.4, -0.2) is 36.4 Å². The van der Waals surface area contributed by atoms with Crippen LogP contribution >= 0.6 is 0 Å². The lowest BCUT2D eigenvalue weighted by Crippen LogP contribution is -2.41. The maximum absolute atomic E-state index is 11.3. The van der Waals surface area contributed by atoms with Gasteiger partial charge in [-0.25, -0.2) is 4.79 Å². The van der Waals surface area contributed by atoms with Gasteiger partial charge in [-0.1, -0.05) is 0 Å². The van der Waals surface area contributed by atoms with E-state index < -0.39 is 0 Å². The standard InChI is InChI=1S/C8H18N4O/c1-3-11-8(13)12(4-2)6-5-7(9)10/h3-6H2,1-2H3,(H3,9,10)(H,11,13). The van der Waals surface area contributed by atoms with Gasteiger partial charge in [0.2, 0.25) is 0 Å².